The van der Waals surface area contributed by atoms with Gasteiger partial charge in [-0.05, 0) is 31.9 Å². The van der Waals surface area contributed by atoms with Crippen molar-refractivity contribution >= 4 is 5.69 Å². The first-order valence-corrected chi connectivity index (χ1v) is 7.21. The molecule has 18 heavy (non-hydrogen) atoms. The minimum Gasteiger partial charge on any atom is -0.364 e. The van der Waals surface area contributed by atoms with Crippen LogP contribution in [0, 0.1) is 0 Å². The molecule has 1 spiro atoms. The number of hydrogen-bond acceptors (Lipinski definition) is 3. The fraction of sp³-hybridized carbons (Fsp3) is 0.667. The van der Waals surface area contributed by atoms with E-state index in [2.05, 4.69) is 28.2 Å². The van der Waals surface area contributed by atoms with Crippen LogP contribution >= 0.6 is 0 Å². The summed E-state index contributed by atoms with van der Waals surface area (Å²) >= 11 is 0. The minimum absolute atomic E-state index is 0.362. The van der Waals surface area contributed by atoms with E-state index in [0.29, 0.717) is 11.6 Å². The molecule has 1 aromatic rings. The Kier molecular flexibility index (Phi) is 3.25. The van der Waals surface area contributed by atoms with Crippen LogP contribution in [0.1, 0.15) is 39.0 Å². The van der Waals surface area contributed by atoms with Gasteiger partial charge in [0.1, 0.15) is 0 Å². The van der Waals surface area contributed by atoms with Crippen LogP contribution in [0.4, 0.5) is 5.69 Å². The Morgan fingerprint density at radius 3 is 2.89 bits per heavy atom. The van der Waals surface area contributed by atoms with Gasteiger partial charge in [0.25, 0.3) is 0 Å². The highest BCUT2D eigenvalue weighted by Crippen LogP contribution is 2.33. The van der Waals surface area contributed by atoms with Crippen molar-refractivity contribution in [1.29, 1.82) is 0 Å². The van der Waals surface area contributed by atoms with E-state index in [1.54, 1.807) is 0 Å². The molecule has 1 aromatic heterocycles. The Morgan fingerprint density at radius 1 is 1.33 bits per heavy atom. The van der Waals surface area contributed by atoms with Gasteiger partial charge in [-0.1, -0.05) is 19.3 Å². The van der Waals surface area contributed by atoms with Crippen molar-refractivity contribution in [3.63, 3.8) is 0 Å². The van der Waals surface area contributed by atoms with Crippen LogP contribution in [0.2, 0.25) is 0 Å². The average Bonchev–Trinajstić information content (AvgIpc) is 2.44. The SMILES string of the molecule is CC1CNC2(CCCCC2)CN1c1cccnc1. The molecule has 1 saturated carbocycles. The van der Waals surface area contributed by atoms with Gasteiger partial charge in [0.15, 0.2) is 0 Å². The van der Waals surface area contributed by atoms with E-state index in [9.17, 15) is 0 Å². The molecule has 1 aliphatic heterocycles. The van der Waals surface area contributed by atoms with Crippen molar-refractivity contribution in [3.8, 4) is 0 Å². The van der Waals surface area contributed by atoms with E-state index in [1.807, 2.05) is 18.5 Å². The lowest BCUT2D eigenvalue weighted by molar-refractivity contribution is 0.200. The molecule has 2 heterocycles. The number of nitrogens with zero attached hydrogens (tertiary/aromatic N) is 2. The highest BCUT2D eigenvalue weighted by molar-refractivity contribution is 5.46. The van der Waals surface area contributed by atoms with Crippen molar-refractivity contribution in [2.75, 3.05) is 18.0 Å². The van der Waals surface area contributed by atoms with Gasteiger partial charge in [0, 0.05) is 30.9 Å². The molecule has 0 radical (unpaired) electrons. The number of anilines is 1. The predicted molar refractivity (Wildman–Crippen MR) is 74.9 cm³/mol. The third-order valence-electron chi connectivity index (χ3n) is 4.57. The second-order valence-electron chi connectivity index (χ2n) is 5.91. The lowest BCUT2D eigenvalue weighted by atomic mass is 9.79. The summed E-state index contributed by atoms with van der Waals surface area (Å²) in [5.74, 6) is 0. The quantitative estimate of drug-likeness (QED) is 0.824. The van der Waals surface area contributed by atoms with Gasteiger partial charge in [0.05, 0.1) is 11.9 Å². The summed E-state index contributed by atoms with van der Waals surface area (Å²) in [5, 5.41) is 3.82. The third kappa shape index (κ3) is 2.24. The van der Waals surface area contributed by atoms with Crippen LogP contribution in [-0.2, 0) is 0 Å². The molecule has 0 bridgehead atoms. The molecule has 0 amide bonds. The molecule has 1 unspecified atom stereocenters. The molecule has 2 fully saturated rings. The van der Waals surface area contributed by atoms with Crippen LogP contribution < -0.4 is 10.2 Å². The van der Waals surface area contributed by atoms with Crippen molar-refractivity contribution in [2.24, 2.45) is 0 Å². The zero-order valence-electron chi connectivity index (χ0n) is 11.2. The lowest BCUT2D eigenvalue weighted by Crippen LogP contribution is -2.64. The Hall–Kier alpha value is -1.09. The van der Waals surface area contributed by atoms with Crippen LogP contribution in [0.3, 0.4) is 0 Å². The fourth-order valence-corrected chi connectivity index (χ4v) is 3.45. The molecule has 3 rings (SSSR count). The van der Waals surface area contributed by atoms with Gasteiger partial charge in [-0.15, -0.1) is 0 Å². The van der Waals surface area contributed by atoms with Crippen molar-refractivity contribution in [1.82, 2.24) is 10.3 Å². The molecule has 3 nitrogen and oxygen atoms in total. The third-order valence-corrected chi connectivity index (χ3v) is 4.57. The average molecular weight is 245 g/mol. The minimum atomic E-state index is 0.362. The van der Waals surface area contributed by atoms with Crippen LogP contribution in [0.15, 0.2) is 24.5 Å². The van der Waals surface area contributed by atoms with E-state index >= 15 is 0 Å². The monoisotopic (exact) mass is 245 g/mol. The molecule has 1 aliphatic carbocycles. The van der Waals surface area contributed by atoms with Crippen molar-refractivity contribution in [3.05, 3.63) is 24.5 Å². The molecule has 1 saturated heterocycles. The zero-order chi connectivity index (χ0) is 12.4. The Morgan fingerprint density at radius 2 is 2.17 bits per heavy atom. The Balaban J connectivity index is 1.80. The van der Waals surface area contributed by atoms with Crippen LogP contribution in [-0.4, -0.2) is 29.7 Å². The molecular weight excluding hydrogens is 222 g/mol. The van der Waals surface area contributed by atoms with Crippen LogP contribution in [0.5, 0.6) is 0 Å². The molecule has 98 valence electrons. The fourth-order valence-electron chi connectivity index (χ4n) is 3.45. The number of nitrogens with one attached hydrogen (secondary N) is 1. The zero-order valence-corrected chi connectivity index (χ0v) is 11.2. The number of rotatable bonds is 1. The standard InChI is InChI=1S/C15H23N3/c1-13-10-17-15(7-3-2-4-8-15)12-18(13)14-6-5-9-16-11-14/h5-6,9,11,13,17H,2-4,7-8,10,12H2,1H3. The van der Waals surface area contributed by atoms with E-state index in [4.69, 9.17) is 0 Å². The highest BCUT2D eigenvalue weighted by atomic mass is 15.3. The smallest absolute Gasteiger partial charge is 0.0556 e. The van der Waals surface area contributed by atoms with Crippen molar-refractivity contribution in [2.45, 2.75) is 50.6 Å². The summed E-state index contributed by atoms with van der Waals surface area (Å²) in [6.45, 7) is 4.53. The van der Waals surface area contributed by atoms with Crippen LogP contribution in [0.25, 0.3) is 0 Å². The maximum Gasteiger partial charge on any atom is 0.0556 e. The number of aromatic nitrogens is 1. The van der Waals surface area contributed by atoms with Gasteiger partial charge in [-0.2, -0.15) is 0 Å². The number of hydrogen-bond donors (Lipinski definition) is 1. The second-order valence-corrected chi connectivity index (χ2v) is 5.91. The normalized spacial score (nSPS) is 27.4. The Labute approximate surface area is 110 Å². The Bertz CT molecular complexity index is 384. The molecular formula is C15H23N3. The highest BCUT2D eigenvalue weighted by Gasteiger charge is 2.38. The first-order valence-electron chi connectivity index (χ1n) is 7.21. The topological polar surface area (TPSA) is 28.2 Å². The van der Waals surface area contributed by atoms with E-state index < -0.39 is 0 Å². The summed E-state index contributed by atoms with van der Waals surface area (Å²) in [6.07, 6.45) is 10.7. The maximum absolute atomic E-state index is 4.27. The summed E-state index contributed by atoms with van der Waals surface area (Å²) in [4.78, 5) is 6.80. The summed E-state index contributed by atoms with van der Waals surface area (Å²) < 4.78 is 0. The van der Waals surface area contributed by atoms with Gasteiger partial charge in [-0.3, -0.25) is 4.98 Å². The molecule has 0 aromatic carbocycles. The van der Waals surface area contributed by atoms with E-state index in [1.165, 1.54) is 37.8 Å². The summed E-state index contributed by atoms with van der Waals surface area (Å²) in [6, 6.07) is 4.78. The van der Waals surface area contributed by atoms with Gasteiger partial charge >= 0.3 is 0 Å². The second kappa shape index (κ2) is 4.88. The maximum atomic E-state index is 4.27. The number of pyridine rings is 1. The first kappa shape index (κ1) is 12.0. The summed E-state index contributed by atoms with van der Waals surface area (Å²) in [7, 11) is 0. The molecule has 1 N–H and O–H groups in total. The van der Waals surface area contributed by atoms with Gasteiger partial charge < -0.3 is 10.2 Å². The molecule has 1 atom stereocenters. The molecule has 2 aliphatic rings. The predicted octanol–water partition coefficient (Wildman–Crippen LogP) is 2.58. The van der Waals surface area contributed by atoms with Crippen molar-refractivity contribution < 1.29 is 0 Å². The van der Waals surface area contributed by atoms with E-state index in [-0.39, 0.29) is 0 Å². The number of piperazine rings is 1. The molecule has 3 heteroatoms. The van der Waals surface area contributed by atoms with Gasteiger partial charge in [0.2, 0.25) is 0 Å². The summed E-state index contributed by atoms with van der Waals surface area (Å²) in [5.41, 5.74) is 1.64. The van der Waals surface area contributed by atoms with E-state index in [0.717, 1.165) is 13.1 Å². The van der Waals surface area contributed by atoms with Gasteiger partial charge in [-0.25, -0.2) is 0 Å². The lowest BCUT2D eigenvalue weighted by Gasteiger charge is -2.49. The first-order chi connectivity index (χ1) is 8.79. The largest absolute Gasteiger partial charge is 0.364 e.